The number of likely N-dealkylation sites (N-methyl/N-ethyl adjacent to an activating group) is 1. The summed E-state index contributed by atoms with van der Waals surface area (Å²) in [7, 11) is -0.738. The number of ketones is 1. The second kappa shape index (κ2) is 8.19. The average molecular weight is 467 g/mol. The van der Waals surface area contributed by atoms with Gasteiger partial charge in [-0.2, -0.15) is 17.4 Å². The zero-order valence-electron chi connectivity index (χ0n) is 16.7. The number of Topliss-reactive ketones (excluding diaryl/α,β-unsaturated/α-hetero) is 1. The van der Waals surface area contributed by atoms with Crippen molar-refractivity contribution in [2.75, 3.05) is 7.05 Å². The van der Waals surface area contributed by atoms with E-state index in [2.05, 4.69) is 9.71 Å². The van der Waals surface area contributed by atoms with Crippen molar-refractivity contribution >= 4 is 27.6 Å². The third-order valence-corrected chi connectivity index (χ3v) is 7.11. The monoisotopic (exact) mass is 466 g/mol. The summed E-state index contributed by atoms with van der Waals surface area (Å²) in [6.45, 7) is 0. The third kappa shape index (κ3) is 4.42. The molecule has 31 heavy (non-hydrogen) atoms. The van der Waals surface area contributed by atoms with Crippen LogP contribution in [0.25, 0.3) is 11.5 Å². The molecule has 1 aromatic carbocycles. The van der Waals surface area contributed by atoms with E-state index in [1.165, 1.54) is 25.2 Å². The van der Waals surface area contributed by atoms with Crippen LogP contribution in [-0.2, 0) is 28.5 Å². The van der Waals surface area contributed by atoms with Crippen LogP contribution in [-0.4, -0.2) is 41.1 Å². The Morgan fingerprint density at radius 2 is 2.10 bits per heavy atom. The molecule has 0 spiro atoms. The van der Waals surface area contributed by atoms with E-state index in [0.29, 0.717) is 22.8 Å². The molecule has 1 N–H and O–H groups in total. The van der Waals surface area contributed by atoms with Gasteiger partial charge in [0.25, 0.3) is 10.2 Å². The smallest absolute Gasteiger partial charge is 0.280 e. The Morgan fingerprint density at radius 1 is 1.32 bits per heavy atom. The molecule has 8 nitrogen and oxygen atoms in total. The van der Waals surface area contributed by atoms with Crippen LogP contribution in [0.15, 0.2) is 47.3 Å². The quantitative estimate of drug-likeness (QED) is 0.623. The molecule has 164 valence electrons. The molecule has 0 aliphatic carbocycles. The fourth-order valence-corrected chi connectivity index (χ4v) is 5.03. The molecule has 3 aromatic rings. The molecule has 1 fully saturated rings. The Bertz CT molecular complexity index is 1240. The average Bonchev–Trinajstić information content (AvgIpc) is 3.35. The fourth-order valence-electron chi connectivity index (χ4n) is 3.55. The summed E-state index contributed by atoms with van der Waals surface area (Å²) in [6.07, 6.45) is 3.51. The lowest BCUT2D eigenvalue weighted by atomic mass is 9.97. The third-order valence-electron chi connectivity index (χ3n) is 5.23. The van der Waals surface area contributed by atoms with Crippen molar-refractivity contribution in [2.24, 2.45) is 7.05 Å². The Labute approximate surface area is 183 Å². The normalized spacial score (nSPS) is 21.3. The van der Waals surface area contributed by atoms with Gasteiger partial charge in [-0.05, 0) is 36.2 Å². The van der Waals surface area contributed by atoms with Crippen LogP contribution in [0.2, 0.25) is 5.02 Å². The minimum atomic E-state index is -3.91. The van der Waals surface area contributed by atoms with Crippen LogP contribution in [0, 0.1) is 5.82 Å². The van der Waals surface area contributed by atoms with Crippen LogP contribution in [0.3, 0.4) is 0 Å². The van der Waals surface area contributed by atoms with Crippen molar-refractivity contribution in [2.45, 2.75) is 24.9 Å². The number of nitrogens with one attached hydrogen (secondary N) is 1. The van der Waals surface area contributed by atoms with Gasteiger partial charge in [0.05, 0.1) is 23.4 Å². The Hall–Kier alpha value is -2.53. The van der Waals surface area contributed by atoms with Gasteiger partial charge in [0.15, 0.2) is 11.5 Å². The molecule has 0 saturated carbocycles. The molecule has 0 radical (unpaired) electrons. The predicted octanol–water partition coefficient (Wildman–Crippen LogP) is 2.86. The van der Waals surface area contributed by atoms with Crippen molar-refractivity contribution in [3.05, 3.63) is 65.0 Å². The van der Waals surface area contributed by atoms with Gasteiger partial charge in [-0.3, -0.25) is 4.79 Å². The fraction of sp³-hybridized carbons (Fsp3) is 0.300. The summed E-state index contributed by atoms with van der Waals surface area (Å²) in [4.78, 5) is 17.2. The summed E-state index contributed by atoms with van der Waals surface area (Å²) in [6, 6.07) is 5.75. The van der Waals surface area contributed by atoms with Gasteiger partial charge in [0, 0.05) is 26.7 Å². The lowest BCUT2D eigenvalue weighted by molar-refractivity contribution is -0.122. The van der Waals surface area contributed by atoms with E-state index in [1.54, 1.807) is 29.2 Å². The molecule has 3 heterocycles. The number of aromatic nitrogens is 2. The van der Waals surface area contributed by atoms with Gasteiger partial charge in [-0.1, -0.05) is 17.7 Å². The SMILES string of the molecule is CN1C(C(=O)Cc2ccc(F)c(Cl)c2)CC(c2ccc(-c3cn(C)cn3)o2)NS1(=O)=O. The number of nitrogens with zero attached hydrogens (tertiary/aromatic N) is 3. The molecule has 1 aliphatic heterocycles. The van der Waals surface area contributed by atoms with Crippen LogP contribution in [0.4, 0.5) is 4.39 Å². The van der Waals surface area contributed by atoms with E-state index < -0.39 is 28.1 Å². The molecule has 11 heteroatoms. The van der Waals surface area contributed by atoms with Crippen molar-refractivity contribution in [1.29, 1.82) is 0 Å². The molecule has 2 aromatic heterocycles. The van der Waals surface area contributed by atoms with Gasteiger partial charge in [-0.25, -0.2) is 9.37 Å². The number of hydrogen-bond donors (Lipinski definition) is 1. The molecule has 2 atom stereocenters. The van der Waals surface area contributed by atoms with E-state index in [-0.39, 0.29) is 23.6 Å². The highest BCUT2D eigenvalue weighted by Gasteiger charge is 2.41. The first kappa shape index (κ1) is 21.7. The second-order valence-corrected chi connectivity index (χ2v) is 9.63. The number of hydrogen-bond acceptors (Lipinski definition) is 5. The van der Waals surface area contributed by atoms with E-state index in [0.717, 1.165) is 4.31 Å². The molecule has 1 saturated heterocycles. The first-order valence-corrected chi connectivity index (χ1v) is 11.3. The van der Waals surface area contributed by atoms with E-state index >= 15 is 0 Å². The summed E-state index contributed by atoms with van der Waals surface area (Å²) in [5.41, 5.74) is 1.12. The van der Waals surface area contributed by atoms with Crippen LogP contribution < -0.4 is 4.72 Å². The minimum absolute atomic E-state index is 0.0748. The van der Waals surface area contributed by atoms with Crippen LogP contribution in [0.1, 0.15) is 23.8 Å². The molecule has 0 amide bonds. The number of halogens is 2. The molecule has 4 rings (SSSR count). The van der Waals surface area contributed by atoms with Gasteiger partial charge >= 0.3 is 0 Å². The van der Waals surface area contributed by atoms with Crippen molar-refractivity contribution in [3.8, 4) is 11.5 Å². The highest BCUT2D eigenvalue weighted by atomic mass is 35.5. The molecule has 2 unspecified atom stereocenters. The molecular weight excluding hydrogens is 447 g/mol. The number of furan rings is 1. The zero-order chi connectivity index (χ0) is 22.3. The standard InChI is InChI=1S/C20H20ClFN4O4S/c1-25-10-16(23-11-25)20-6-5-19(30-20)15-9-17(26(2)31(28,29)24-15)18(27)8-12-3-4-14(22)13(21)7-12/h3-7,10-11,15,17,24H,8-9H2,1-2H3. The van der Waals surface area contributed by atoms with Gasteiger partial charge in [0.1, 0.15) is 17.3 Å². The van der Waals surface area contributed by atoms with Gasteiger partial charge in [-0.15, -0.1) is 0 Å². The highest BCUT2D eigenvalue weighted by Crippen LogP contribution is 2.32. The number of rotatable bonds is 5. The van der Waals surface area contributed by atoms with Crippen LogP contribution >= 0.6 is 11.6 Å². The number of carbonyl (C=O) groups excluding carboxylic acids is 1. The summed E-state index contributed by atoms with van der Waals surface area (Å²) >= 11 is 5.79. The number of aryl methyl sites for hydroxylation is 1. The largest absolute Gasteiger partial charge is 0.458 e. The van der Waals surface area contributed by atoms with Crippen LogP contribution in [0.5, 0.6) is 0 Å². The topological polar surface area (TPSA) is 97.4 Å². The summed E-state index contributed by atoms with van der Waals surface area (Å²) < 4.78 is 49.9. The zero-order valence-corrected chi connectivity index (χ0v) is 18.3. The summed E-state index contributed by atoms with van der Waals surface area (Å²) in [5.74, 6) is -0.0183. The van der Waals surface area contributed by atoms with E-state index in [1.807, 2.05) is 7.05 Å². The van der Waals surface area contributed by atoms with E-state index in [9.17, 15) is 17.6 Å². The summed E-state index contributed by atoms with van der Waals surface area (Å²) in [5, 5.41) is -0.0906. The second-order valence-electron chi connectivity index (χ2n) is 7.46. The number of carbonyl (C=O) groups is 1. The van der Waals surface area contributed by atoms with Gasteiger partial charge in [0.2, 0.25) is 0 Å². The lowest BCUT2D eigenvalue weighted by Gasteiger charge is -2.35. The van der Waals surface area contributed by atoms with Crippen molar-refractivity contribution in [3.63, 3.8) is 0 Å². The Kier molecular flexibility index (Phi) is 5.73. The molecular formula is C20H20ClFN4O4S. The molecule has 0 bridgehead atoms. The van der Waals surface area contributed by atoms with Gasteiger partial charge < -0.3 is 8.98 Å². The maximum Gasteiger partial charge on any atom is 0.280 e. The highest BCUT2D eigenvalue weighted by molar-refractivity contribution is 7.87. The minimum Gasteiger partial charge on any atom is -0.458 e. The maximum absolute atomic E-state index is 13.4. The van der Waals surface area contributed by atoms with E-state index in [4.69, 9.17) is 16.0 Å². The van der Waals surface area contributed by atoms with Crippen molar-refractivity contribution < 1.29 is 22.0 Å². The van der Waals surface area contributed by atoms with Crippen molar-refractivity contribution in [1.82, 2.24) is 18.6 Å². The predicted molar refractivity (Wildman–Crippen MR) is 112 cm³/mol. The Morgan fingerprint density at radius 3 is 2.77 bits per heavy atom. The first-order valence-electron chi connectivity index (χ1n) is 9.44. The number of benzene rings is 1. The maximum atomic E-state index is 13.4. The lowest BCUT2D eigenvalue weighted by Crippen LogP contribution is -2.54. The Balaban J connectivity index is 1.57. The number of imidazole rings is 1. The molecule has 1 aliphatic rings. The first-order chi connectivity index (χ1) is 14.6.